The molecule has 0 radical (unpaired) electrons. The molecule has 0 aliphatic heterocycles. The summed E-state index contributed by atoms with van der Waals surface area (Å²) in [6, 6.07) is 14.1. The average Bonchev–Trinajstić information content (AvgIpc) is 2.60. The van der Waals surface area contributed by atoms with Crippen LogP contribution in [0, 0.1) is 0 Å². The van der Waals surface area contributed by atoms with Crippen LogP contribution in [0.1, 0.15) is 15.9 Å². The van der Waals surface area contributed by atoms with Crippen molar-refractivity contribution in [1.82, 2.24) is 10.0 Å². The molecule has 0 heterocycles. The third kappa shape index (κ3) is 4.53. The highest BCUT2D eigenvalue weighted by molar-refractivity contribution is 7.90. The van der Waals surface area contributed by atoms with Gasteiger partial charge in [0.1, 0.15) is 0 Å². The second-order valence-corrected chi connectivity index (χ2v) is 6.50. The van der Waals surface area contributed by atoms with Crippen molar-refractivity contribution in [2.75, 3.05) is 7.05 Å². The fourth-order valence-corrected chi connectivity index (χ4v) is 2.85. The Morgan fingerprint density at radius 3 is 2.17 bits per heavy atom. The molecule has 0 fully saturated rings. The normalized spacial score (nSPS) is 11.2. The summed E-state index contributed by atoms with van der Waals surface area (Å²) in [6.07, 6.45) is 2.58. The lowest BCUT2D eigenvalue weighted by atomic mass is 10.1. The van der Waals surface area contributed by atoms with E-state index in [-0.39, 0.29) is 10.8 Å². The molecular weight excluding hydrogens is 328 g/mol. The SMILES string of the molecule is CNC(=O)c1ccc(/C=C/C(=O)NS(=O)(=O)c2ccccc2)cc1. The lowest BCUT2D eigenvalue weighted by Gasteiger charge is -2.04. The maximum atomic E-state index is 12.0. The van der Waals surface area contributed by atoms with Crippen LogP contribution in [-0.4, -0.2) is 27.3 Å². The van der Waals surface area contributed by atoms with E-state index in [1.165, 1.54) is 25.3 Å². The number of nitrogens with one attached hydrogen (secondary N) is 2. The zero-order valence-electron chi connectivity index (χ0n) is 12.9. The summed E-state index contributed by atoms with van der Waals surface area (Å²) < 4.78 is 26.0. The number of carbonyl (C=O) groups excluding carboxylic acids is 2. The second-order valence-electron chi connectivity index (χ2n) is 4.82. The van der Waals surface area contributed by atoms with E-state index in [1.54, 1.807) is 42.5 Å². The van der Waals surface area contributed by atoms with Crippen molar-refractivity contribution in [3.63, 3.8) is 0 Å². The minimum Gasteiger partial charge on any atom is -0.355 e. The van der Waals surface area contributed by atoms with Crippen molar-refractivity contribution in [3.05, 3.63) is 71.8 Å². The highest BCUT2D eigenvalue weighted by Gasteiger charge is 2.15. The number of carbonyl (C=O) groups is 2. The monoisotopic (exact) mass is 344 g/mol. The predicted octanol–water partition coefficient (Wildman–Crippen LogP) is 1.56. The van der Waals surface area contributed by atoms with Crippen LogP contribution >= 0.6 is 0 Å². The highest BCUT2D eigenvalue weighted by Crippen LogP contribution is 2.08. The van der Waals surface area contributed by atoms with Crippen molar-refractivity contribution in [1.29, 1.82) is 0 Å². The quantitative estimate of drug-likeness (QED) is 0.805. The van der Waals surface area contributed by atoms with Gasteiger partial charge in [-0.2, -0.15) is 0 Å². The molecule has 0 aliphatic rings. The predicted molar refractivity (Wildman–Crippen MR) is 90.6 cm³/mol. The summed E-state index contributed by atoms with van der Waals surface area (Å²) in [5.41, 5.74) is 1.15. The number of benzene rings is 2. The van der Waals surface area contributed by atoms with Crippen LogP contribution in [0.5, 0.6) is 0 Å². The Balaban J connectivity index is 2.04. The Morgan fingerprint density at radius 2 is 1.58 bits per heavy atom. The van der Waals surface area contributed by atoms with Crippen molar-refractivity contribution in [2.24, 2.45) is 0 Å². The molecule has 0 aromatic heterocycles. The zero-order chi connectivity index (χ0) is 17.6. The molecular formula is C17H16N2O4S. The topological polar surface area (TPSA) is 92.3 Å². The van der Waals surface area contributed by atoms with E-state index in [4.69, 9.17) is 0 Å². The van der Waals surface area contributed by atoms with E-state index >= 15 is 0 Å². The van der Waals surface area contributed by atoms with Gasteiger partial charge < -0.3 is 5.32 Å². The minimum atomic E-state index is -3.89. The molecule has 0 saturated carbocycles. The van der Waals surface area contributed by atoms with E-state index in [0.717, 1.165) is 6.08 Å². The lowest BCUT2D eigenvalue weighted by molar-refractivity contribution is -0.114. The standard InChI is InChI=1S/C17H16N2O4S/c1-18-17(21)14-10-7-13(8-11-14)9-12-16(20)19-24(22,23)15-5-3-2-4-6-15/h2-12H,1H3,(H,18,21)(H,19,20)/b12-9+. The van der Waals surface area contributed by atoms with E-state index in [2.05, 4.69) is 5.32 Å². The van der Waals surface area contributed by atoms with Crippen LogP contribution in [0.2, 0.25) is 0 Å². The fraction of sp³-hybridized carbons (Fsp3) is 0.0588. The molecule has 6 nitrogen and oxygen atoms in total. The second kappa shape index (κ2) is 7.56. The van der Waals surface area contributed by atoms with E-state index in [0.29, 0.717) is 11.1 Å². The first-order chi connectivity index (χ1) is 11.4. The summed E-state index contributed by atoms with van der Waals surface area (Å²) in [5.74, 6) is -0.966. The molecule has 2 N–H and O–H groups in total. The third-order valence-electron chi connectivity index (χ3n) is 3.12. The van der Waals surface area contributed by atoms with Gasteiger partial charge in [0.15, 0.2) is 0 Å². The zero-order valence-corrected chi connectivity index (χ0v) is 13.7. The maximum Gasteiger partial charge on any atom is 0.264 e. The summed E-state index contributed by atoms with van der Waals surface area (Å²) in [5, 5.41) is 2.50. The summed E-state index contributed by atoms with van der Waals surface area (Å²) in [6.45, 7) is 0. The van der Waals surface area contributed by atoms with Gasteiger partial charge in [0.05, 0.1) is 4.90 Å². The van der Waals surface area contributed by atoms with Crippen LogP contribution < -0.4 is 10.0 Å². The Labute approximate surface area is 140 Å². The van der Waals surface area contributed by atoms with Crippen molar-refractivity contribution < 1.29 is 18.0 Å². The first-order valence-corrected chi connectivity index (χ1v) is 8.53. The molecule has 2 amide bonds. The summed E-state index contributed by atoms with van der Waals surface area (Å²) in [7, 11) is -2.35. The van der Waals surface area contributed by atoms with Crippen molar-refractivity contribution >= 4 is 27.9 Å². The molecule has 124 valence electrons. The van der Waals surface area contributed by atoms with Gasteiger partial charge in [0.25, 0.3) is 21.8 Å². The number of hydrogen-bond donors (Lipinski definition) is 2. The number of hydrogen-bond acceptors (Lipinski definition) is 4. The van der Waals surface area contributed by atoms with Crippen molar-refractivity contribution in [2.45, 2.75) is 4.90 Å². The molecule has 0 unspecified atom stereocenters. The van der Waals surface area contributed by atoms with E-state index < -0.39 is 15.9 Å². The third-order valence-corrected chi connectivity index (χ3v) is 4.48. The largest absolute Gasteiger partial charge is 0.355 e. The Bertz CT molecular complexity index is 857. The Kier molecular flexibility index (Phi) is 5.49. The van der Waals surface area contributed by atoms with Gasteiger partial charge in [-0.15, -0.1) is 0 Å². The minimum absolute atomic E-state index is 0.0154. The van der Waals surface area contributed by atoms with Gasteiger partial charge in [-0.1, -0.05) is 30.3 Å². The molecule has 0 spiro atoms. The summed E-state index contributed by atoms with van der Waals surface area (Å²) in [4.78, 5) is 23.2. The molecule has 2 rings (SSSR count). The van der Waals surface area contributed by atoms with Gasteiger partial charge in [-0.25, -0.2) is 13.1 Å². The lowest BCUT2D eigenvalue weighted by Crippen LogP contribution is -2.28. The molecule has 0 aliphatic carbocycles. The Morgan fingerprint density at radius 1 is 0.958 bits per heavy atom. The van der Waals surface area contributed by atoms with Crippen LogP contribution in [-0.2, 0) is 14.8 Å². The first kappa shape index (κ1) is 17.4. The number of amides is 2. The maximum absolute atomic E-state index is 12.0. The van der Waals surface area contributed by atoms with Crippen LogP contribution in [0.15, 0.2) is 65.6 Å². The Hall–Kier alpha value is -2.93. The van der Waals surface area contributed by atoms with Crippen LogP contribution in [0.3, 0.4) is 0 Å². The average molecular weight is 344 g/mol. The molecule has 7 heteroatoms. The van der Waals surface area contributed by atoms with E-state index in [9.17, 15) is 18.0 Å². The van der Waals surface area contributed by atoms with Gasteiger partial charge in [-0.3, -0.25) is 9.59 Å². The molecule has 2 aromatic rings. The van der Waals surface area contributed by atoms with Crippen molar-refractivity contribution in [3.8, 4) is 0 Å². The van der Waals surface area contributed by atoms with Gasteiger partial charge in [0.2, 0.25) is 0 Å². The summed E-state index contributed by atoms with van der Waals surface area (Å²) >= 11 is 0. The molecule has 0 atom stereocenters. The molecule has 2 aromatic carbocycles. The van der Waals surface area contributed by atoms with E-state index in [1.807, 2.05) is 4.72 Å². The van der Waals surface area contributed by atoms with Gasteiger partial charge >= 0.3 is 0 Å². The molecule has 24 heavy (non-hydrogen) atoms. The number of sulfonamides is 1. The highest BCUT2D eigenvalue weighted by atomic mass is 32.2. The molecule has 0 saturated heterocycles. The van der Waals surface area contributed by atoms with Gasteiger partial charge in [-0.05, 0) is 35.9 Å². The van der Waals surface area contributed by atoms with Crippen LogP contribution in [0.25, 0.3) is 6.08 Å². The molecule has 0 bridgehead atoms. The van der Waals surface area contributed by atoms with Gasteiger partial charge in [0, 0.05) is 18.7 Å². The first-order valence-electron chi connectivity index (χ1n) is 7.04. The number of rotatable bonds is 5. The van der Waals surface area contributed by atoms with Crippen LogP contribution in [0.4, 0.5) is 0 Å². The smallest absolute Gasteiger partial charge is 0.264 e. The fourth-order valence-electron chi connectivity index (χ4n) is 1.89.